The molecule has 0 spiro atoms. The maximum Gasteiger partial charge on any atom is 3.00 e. The predicted molar refractivity (Wildman–Crippen MR) is 308 cm³/mol. The maximum atomic E-state index is 4.85. The average molecular weight is 1140 g/mol. The van der Waals surface area contributed by atoms with E-state index in [9.17, 15) is 0 Å². The van der Waals surface area contributed by atoms with Gasteiger partial charge in [0.05, 0.1) is 0 Å². The normalized spacial score (nSPS) is 11.5. The molecule has 11 rings (SSSR count). The van der Waals surface area contributed by atoms with Crippen molar-refractivity contribution in [1.82, 2.24) is 15.0 Å². The molecule has 4 heteroatoms. The van der Waals surface area contributed by atoms with Crippen molar-refractivity contribution in [1.29, 1.82) is 0 Å². The van der Waals surface area contributed by atoms with E-state index in [4.69, 9.17) is 15.0 Å². The molecule has 0 fully saturated rings. The van der Waals surface area contributed by atoms with Gasteiger partial charge in [0.15, 0.2) is 0 Å². The van der Waals surface area contributed by atoms with E-state index in [-0.39, 0.29) is 30.9 Å². The Bertz CT molecular complexity index is 3760. The molecule has 0 aliphatic rings. The van der Waals surface area contributed by atoms with Crippen LogP contribution >= 0.6 is 0 Å². The topological polar surface area (TPSA) is 38.7 Å². The van der Waals surface area contributed by atoms with Gasteiger partial charge in [-0.15, -0.1) is 83.4 Å². The van der Waals surface area contributed by atoms with Crippen molar-refractivity contribution >= 4 is 0 Å². The first-order valence-corrected chi connectivity index (χ1v) is 25.4. The SMILES string of the molecule is CC(C)(C)c1ccc(-c2[c-]cc(-c3ccccc3-c3cc(-c4ccccc4-c4c[c-]c(-c5cc(C(C)(C)C)ccn5)cc4)cc(-c4ccccc4-c4c[c-]c(-c5ccccn5)cc4-c4ccccc4)c3)cc2)nc1.[Ir+3]. The Morgan fingerprint density at radius 3 is 1.28 bits per heavy atom. The number of hydrogen-bond acceptors (Lipinski definition) is 3. The summed E-state index contributed by atoms with van der Waals surface area (Å²) < 4.78 is 0. The Kier molecular flexibility index (Phi) is 14.4. The zero-order chi connectivity index (χ0) is 50.8. The molecule has 3 heterocycles. The van der Waals surface area contributed by atoms with E-state index in [1.165, 1.54) is 11.1 Å². The Morgan fingerprint density at radius 1 is 0.293 bits per heavy atom. The van der Waals surface area contributed by atoms with Crippen molar-refractivity contribution in [3.8, 4) is 112 Å². The van der Waals surface area contributed by atoms with Crippen LogP contribution in [0, 0.1) is 18.2 Å². The molecule has 0 unspecified atom stereocenters. The molecule has 75 heavy (non-hydrogen) atoms. The van der Waals surface area contributed by atoms with Gasteiger partial charge in [0.1, 0.15) is 0 Å². The Labute approximate surface area is 456 Å². The molecule has 0 radical (unpaired) electrons. The molecule has 364 valence electrons. The second kappa shape index (κ2) is 21.4. The first-order chi connectivity index (χ1) is 35.9. The second-order valence-electron chi connectivity index (χ2n) is 21.0. The summed E-state index contributed by atoms with van der Waals surface area (Å²) in [6.45, 7) is 13.3. The molecular formula is C71H56IrN3. The van der Waals surface area contributed by atoms with Gasteiger partial charge in [-0.3, -0.25) is 0 Å². The molecule has 0 bridgehead atoms. The molecule has 11 aromatic rings. The monoisotopic (exact) mass is 1140 g/mol. The van der Waals surface area contributed by atoms with E-state index in [2.05, 4.69) is 254 Å². The van der Waals surface area contributed by atoms with Crippen LogP contribution in [0.4, 0.5) is 0 Å². The number of nitrogens with zero attached hydrogens (tertiary/aromatic N) is 3. The van der Waals surface area contributed by atoms with Gasteiger partial charge >= 0.3 is 20.1 Å². The fraction of sp³-hybridized carbons (Fsp3) is 0.113. The predicted octanol–water partition coefficient (Wildman–Crippen LogP) is 18.5. The van der Waals surface area contributed by atoms with Crippen LogP contribution in [0.15, 0.2) is 231 Å². The number of rotatable bonds is 10. The van der Waals surface area contributed by atoms with Crippen LogP contribution in [0.3, 0.4) is 0 Å². The smallest absolute Gasteiger partial charge is 0.305 e. The van der Waals surface area contributed by atoms with Crippen molar-refractivity contribution in [3.63, 3.8) is 0 Å². The fourth-order valence-electron chi connectivity index (χ4n) is 9.82. The summed E-state index contributed by atoms with van der Waals surface area (Å²) in [5.41, 5.74) is 23.6. The van der Waals surface area contributed by atoms with Crippen molar-refractivity contribution in [2.75, 3.05) is 0 Å². The minimum Gasteiger partial charge on any atom is -0.305 e. The first-order valence-electron chi connectivity index (χ1n) is 25.4. The summed E-state index contributed by atoms with van der Waals surface area (Å²) in [7, 11) is 0. The maximum absolute atomic E-state index is 4.85. The zero-order valence-electron chi connectivity index (χ0n) is 43.1. The number of hydrogen-bond donors (Lipinski definition) is 0. The van der Waals surface area contributed by atoms with E-state index in [0.717, 1.165) is 112 Å². The summed E-state index contributed by atoms with van der Waals surface area (Å²) >= 11 is 0. The first kappa shape index (κ1) is 50.4. The van der Waals surface area contributed by atoms with Crippen molar-refractivity contribution in [2.45, 2.75) is 52.4 Å². The Balaban J connectivity index is 0.00000641. The minimum absolute atomic E-state index is 0. The molecule has 0 saturated heterocycles. The number of aromatic nitrogens is 3. The third kappa shape index (κ3) is 10.8. The van der Waals surface area contributed by atoms with E-state index in [1.807, 2.05) is 36.8 Å². The van der Waals surface area contributed by atoms with Crippen LogP contribution in [0.25, 0.3) is 112 Å². The summed E-state index contributed by atoms with van der Waals surface area (Å²) in [5, 5.41) is 0. The third-order valence-electron chi connectivity index (χ3n) is 14.0. The molecule has 8 aromatic carbocycles. The molecule has 0 amide bonds. The third-order valence-corrected chi connectivity index (χ3v) is 14.0. The largest absolute Gasteiger partial charge is 3.00 e. The van der Waals surface area contributed by atoms with Crippen molar-refractivity contribution in [2.24, 2.45) is 0 Å². The fourth-order valence-corrected chi connectivity index (χ4v) is 9.82. The van der Waals surface area contributed by atoms with Crippen molar-refractivity contribution < 1.29 is 20.1 Å². The van der Waals surface area contributed by atoms with Crippen LogP contribution in [-0.2, 0) is 30.9 Å². The van der Waals surface area contributed by atoms with Crippen LogP contribution in [-0.4, -0.2) is 15.0 Å². The van der Waals surface area contributed by atoms with E-state index < -0.39 is 0 Å². The molecule has 0 saturated carbocycles. The number of pyridine rings is 3. The van der Waals surface area contributed by atoms with E-state index in [1.54, 1.807) is 0 Å². The zero-order valence-corrected chi connectivity index (χ0v) is 45.5. The van der Waals surface area contributed by atoms with Gasteiger partial charge in [-0.1, -0.05) is 214 Å². The van der Waals surface area contributed by atoms with Gasteiger partial charge in [0.25, 0.3) is 0 Å². The summed E-state index contributed by atoms with van der Waals surface area (Å²) in [4.78, 5) is 14.3. The van der Waals surface area contributed by atoms with Crippen LogP contribution < -0.4 is 0 Å². The molecular weight excluding hydrogens is 1090 g/mol. The van der Waals surface area contributed by atoms with Crippen molar-refractivity contribution in [3.05, 3.63) is 260 Å². The van der Waals surface area contributed by atoms with Crippen LogP contribution in [0.5, 0.6) is 0 Å². The Morgan fingerprint density at radius 2 is 0.773 bits per heavy atom. The molecule has 3 aromatic heterocycles. The van der Waals surface area contributed by atoms with Crippen LogP contribution in [0.2, 0.25) is 0 Å². The van der Waals surface area contributed by atoms with Gasteiger partial charge in [-0.2, -0.15) is 0 Å². The average Bonchev–Trinajstić information content (AvgIpc) is 3.45. The quantitative estimate of drug-likeness (QED) is 0.128. The number of benzene rings is 8. The molecule has 0 atom stereocenters. The minimum atomic E-state index is 0. The van der Waals surface area contributed by atoms with Gasteiger partial charge in [0.2, 0.25) is 0 Å². The summed E-state index contributed by atoms with van der Waals surface area (Å²) in [6.07, 6.45) is 5.73. The van der Waals surface area contributed by atoms with Gasteiger partial charge < -0.3 is 15.0 Å². The van der Waals surface area contributed by atoms with E-state index in [0.29, 0.717) is 0 Å². The molecule has 0 aliphatic heterocycles. The summed E-state index contributed by atoms with van der Waals surface area (Å²) in [5.74, 6) is 0. The molecule has 0 aliphatic carbocycles. The van der Waals surface area contributed by atoms with Gasteiger partial charge in [-0.25, -0.2) is 0 Å². The standard InChI is InChI=1S/C71H56N3.Ir/c1-70(2,3)57-39-41-73-69(46-57)52-33-29-50(30-34-52)60-21-11-13-23-62(60)55-42-54(61-22-12-10-20-59(61)49-27-31-51(32-28-49)68-38-36-58(47-74-68)71(4,5)6)43-56(44-55)63-24-14-15-25-64(63)65-37-35-53(67-26-16-17-40-72-67)45-66(65)48-18-8-7-9-19-48;/h7-31,33,36-47H,1-6H3;/q-3;+3. The van der Waals surface area contributed by atoms with Gasteiger partial charge in [-0.05, 0) is 108 Å². The molecule has 0 N–H and O–H groups in total. The van der Waals surface area contributed by atoms with E-state index >= 15 is 0 Å². The molecule has 3 nitrogen and oxygen atoms in total. The summed E-state index contributed by atoms with van der Waals surface area (Å²) in [6, 6.07) is 86.7. The Hall–Kier alpha value is -8.14. The second-order valence-corrected chi connectivity index (χ2v) is 21.0. The van der Waals surface area contributed by atoms with Gasteiger partial charge in [0, 0.05) is 18.6 Å². The van der Waals surface area contributed by atoms with Crippen LogP contribution in [0.1, 0.15) is 52.7 Å².